The van der Waals surface area contributed by atoms with Crippen LogP contribution in [0.3, 0.4) is 0 Å². The maximum Gasteiger partial charge on any atom is 0.276 e. The molecule has 0 saturated heterocycles. The molecule has 0 rings (SSSR count). The van der Waals surface area contributed by atoms with Crippen molar-refractivity contribution in [1.29, 1.82) is 0 Å². The van der Waals surface area contributed by atoms with E-state index in [9.17, 15) is 8.42 Å². The van der Waals surface area contributed by atoms with E-state index in [0.717, 1.165) is 12.8 Å². The van der Waals surface area contributed by atoms with Crippen LogP contribution in [0.4, 0.5) is 0 Å². The van der Waals surface area contributed by atoms with Crippen molar-refractivity contribution >= 4 is 10.2 Å². The van der Waals surface area contributed by atoms with E-state index in [-0.39, 0.29) is 5.41 Å². The van der Waals surface area contributed by atoms with Crippen molar-refractivity contribution in [2.24, 2.45) is 11.1 Å². The van der Waals surface area contributed by atoms with Crippen LogP contribution in [0.15, 0.2) is 0 Å². The minimum absolute atomic E-state index is 0.101. The molecule has 0 heterocycles. The fraction of sp³-hybridized carbons (Fsp3) is 1.00. The Balaban J connectivity index is 4.02. The van der Waals surface area contributed by atoms with E-state index in [2.05, 4.69) is 9.44 Å². The third-order valence-electron chi connectivity index (χ3n) is 2.10. The first-order valence-electron chi connectivity index (χ1n) is 5.27. The Morgan fingerprint density at radius 3 is 2.33 bits per heavy atom. The van der Waals surface area contributed by atoms with Gasteiger partial charge >= 0.3 is 0 Å². The fourth-order valence-corrected chi connectivity index (χ4v) is 2.21. The molecule has 0 aromatic carbocycles. The molecule has 0 bridgehead atoms. The molecule has 0 unspecified atom stereocenters. The number of nitrogens with two attached hydrogens (primary N) is 1. The zero-order valence-electron chi connectivity index (χ0n) is 9.84. The van der Waals surface area contributed by atoms with Crippen LogP contribution >= 0.6 is 0 Å². The standard InChI is InChI=1S/C9H23N3O2S/c1-4-7-11-15(13,14)12-8-9(2,3)5-6-10/h11-12H,4-8,10H2,1-3H3. The first-order valence-corrected chi connectivity index (χ1v) is 6.75. The molecule has 0 aliphatic rings. The monoisotopic (exact) mass is 237 g/mol. The van der Waals surface area contributed by atoms with Gasteiger partial charge in [0.05, 0.1) is 0 Å². The fourth-order valence-electron chi connectivity index (χ4n) is 1.06. The zero-order valence-corrected chi connectivity index (χ0v) is 10.7. The molecule has 0 fully saturated rings. The number of nitrogens with one attached hydrogen (secondary N) is 2. The number of hydrogen-bond acceptors (Lipinski definition) is 3. The first-order chi connectivity index (χ1) is 6.83. The predicted octanol–water partition coefficient (Wildman–Crippen LogP) is 0.195. The molecule has 6 heteroatoms. The van der Waals surface area contributed by atoms with Crippen molar-refractivity contribution in [2.45, 2.75) is 33.6 Å². The summed E-state index contributed by atoms with van der Waals surface area (Å²) in [5.41, 5.74) is 5.34. The van der Waals surface area contributed by atoms with Gasteiger partial charge in [-0.1, -0.05) is 20.8 Å². The van der Waals surface area contributed by atoms with Crippen LogP contribution in [0.1, 0.15) is 33.6 Å². The Labute approximate surface area is 93.0 Å². The summed E-state index contributed by atoms with van der Waals surface area (Å²) in [6.07, 6.45) is 1.58. The molecule has 4 N–H and O–H groups in total. The number of rotatable bonds is 8. The topological polar surface area (TPSA) is 84.2 Å². The SMILES string of the molecule is CCCNS(=O)(=O)NCC(C)(C)CCN. The van der Waals surface area contributed by atoms with Crippen LogP contribution in [-0.4, -0.2) is 28.1 Å². The summed E-state index contributed by atoms with van der Waals surface area (Å²) in [7, 11) is -3.34. The highest BCUT2D eigenvalue weighted by Gasteiger charge is 2.19. The summed E-state index contributed by atoms with van der Waals surface area (Å²) in [5.74, 6) is 0. The van der Waals surface area contributed by atoms with Crippen molar-refractivity contribution in [1.82, 2.24) is 9.44 Å². The minimum atomic E-state index is -3.34. The highest BCUT2D eigenvalue weighted by Crippen LogP contribution is 2.17. The molecule has 0 radical (unpaired) electrons. The highest BCUT2D eigenvalue weighted by atomic mass is 32.2. The molecule has 0 saturated carbocycles. The molecule has 0 spiro atoms. The molecule has 0 aliphatic carbocycles. The second-order valence-electron chi connectivity index (χ2n) is 4.42. The van der Waals surface area contributed by atoms with E-state index in [1.807, 2.05) is 20.8 Å². The third-order valence-corrected chi connectivity index (χ3v) is 3.21. The van der Waals surface area contributed by atoms with Gasteiger partial charge in [0.2, 0.25) is 0 Å². The van der Waals surface area contributed by atoms with E-state index < -0.39 is 10.2 Å². The van der Waals surface area contributed by atoms with Gasteiger partial charge in [-0.25, -0.2) is 9.44 Å². The zero-order chi connectivity index (χ0) is 11.9. The Kier molecular flexibility index (Phi) is 6.35. The van der Waals surface area contributed by atoms with Crippen LogP contribution in [0.25, 0.3) is 0 Å². The van der Waals surface area contributed by atoms with Gasteiger partial charge < -0.3 is 5.73 Å². The Bertz CT molecular complexity index is 263. The van der Waals surface area contributed by atoms with Crippen LogP contribution in [0, 0.1) is 5.41 Å². The van der Waals surface area contributed by atoms with E-state index in [1.165, 1.54) is 0 Å². The highest BCUT2D eigenvalue weighted by molar-refractivity contribution is 7.87. The second-order valence-corrected chi connectivity index (χ2v) is 6.01. The lowest BCUT2D eigenvalue weighted by atomic mass is 9.90. The van der Waals surface area contributed by atoms with Crippen molar-refractivity contribution in [3.63, 3.8) is 0 Å². The molecule has 0 aliphatic heterocycles. The molecular weight excluding hydrogens is 214 g/mol. The van der Waals surface area contributed by atoms with Crippen LogP contribution in [0.2, 0.25) is 0 Å². The van der Waals surface area contributed by atoms with Crippen molar-refractivity contribution < 1.29 is 8.42 Å². The van der Waals surface area contributed by atoms with Gasteiger partial charge in [-0.2, -0.15) is 8.42 Å². The summed E-state index contributed by atoms with van der Waals surface area (Å²) in [6, 6.07) is 0. The van der Waals surface area contributed by atoms with E-state index in [0.29, 0.717) is 19.6 Å². The Morgan fingerprint density at radius 2 is 1.87 bits per heavy atom. The first kappa shape index (κ1) is 14.8. The second kappa shape index (κ2) is 6.42. The summed E-state index contributed by atoms with van der Waals surface area (Å²) >= 11 is 0. The van der Waals surface area contributed by atoms with Gasteiger partial charge in [-0.3, -0.25) is 0 Å². The van der Waals surface area contributed by atoms with Crippen molar-refractivity contribution in [2.75, 3.05) is 19.6 Å². The lowest BCUT2D eigenvalue weighted by molar-refractivity contribution is 0.339. The summed E-state index contributed by atoms with van der Waals surface area (Å²) in [4.78, 5) is 0. The van der Waals surface area contributed by atoms with E-state index >= 15 is 0 Å². The maximum absolute atomic E-state index is 11.4. The Hall–Kier alpha value is -0.170. The van der Waals surface area contributed by atoms with Gasteiger partial charge in [0, 0.05) is 13.1 Å². The maximum atomic E-state index is 11.4. The molecule has 92 valence electrons. The van der Waals surface area contributed by atoms with Gasteiger partial charge in [0.15, 0.2) is 0 Å². The molecular formula is C9H23N3O2S. The van der Waals surface area contributed by atoms with Gasteiger partial charge in [0.1, 0.15) is 0 Å². The quantitative estimate of drug-likeness (QED) is 0.563. The molecule has 0 aromatic heterocycles. The molecule has 15 heavy (non-hydrogen) atoms. The van der Waals surface area contributed by atoms with Gasteiger partial charge in [0.25, 0.3) is 10.2 Å². The van der Waals surface area contributed by atoms with Crippen LogP contribution in [0.5, 0.6) is 0 Å². The molecule has 0 amide bonds. The van der Waals surface area contributed by atoms with Crippen molar-refractivity contribution in [3.8, 4) is 0 Å². The van der Waals surface area contributed by atoms with Crippen LogP contribution < -0.4 is 15.2 Å². The predicted molar refractivity (Wildman–Crippen MR) is 62.7 cm³/mol. The van der Waals surface area contributed by atoms with E-state index in [4.69, 9.17) is 5.73 Å². The normalized spacial score (nSPS) is 13.1. The van der Waals surface area contributed by atoms with Gasteiger partial charge in [-0.15, -0.1) is 0 Å². The van der Waals surface area contributed by atoms with E-state index in [1.54, 1.807) is 0 Å². The molecule has 0 atom stereocenters. The summed E-state index contributed by atoms with van der Waals surface area (Å²) < 4.78 is 27.8. The Morgan fingerprint density at radius 1 is 1.27 bits per heavy atom. The average Bonchev–Trinajstić information content (AvgIpc) is 2.12. The molecule has 5 nitrogen and oxygen atoms in total. The average molecular weight is 237 g/mol. The lowest BCUT2D eigenvalue weighted by Gasteiger charge is -2.24. The minimum Gasteiger partial charge on any atom is -0.330 e. The largest absolute Gasteiger partial charge is 0.330 e. The lowest BCUT2D eigenvalue weighted by Crippen LogP contribution is -2.42. The van der Waals surface area contributed by atoms with Crippen LogP contribution in [-0.2, 0) is 10.2 Å². The molecule has 0 aromatic rings. The third kappa shape index (κ3) is 7.72. The summed E-state index contributed by atoms with van der Waals surface area (Å²) in [6.45, 7) is 7.33. The van der Waals surface area contributed by atoms with Gasteiger partial charge in [-0.05, 0) is 24.8 Å². The number of hydrogen-bond donors (Lipinski definition) is 3. The smallest absolute Gasteiger partial charge is 0.276 e. The summed E-state index contributed by atoms with van der Waals surface area (Å²) in [5, 5.41) is 0. The van der Waals surface area contributed by atoms with Crippen molar-refractivity contribution in [3.05, 3.63) is 0 Å².